The molecule has 0 radical (unpaired) electrons. The Hall–Kier alpha value is -2.02. The van der Waals surface area contributed by atoms with Crippen LogP contribution >= 0.6 is 0 Å². The van der Waals surface area contributed by atoms with Crippen LogP contribution < -0.4 is 5.73 Å². The molecule has 0 unspecified atom stereocenters. The third-order valence-electron chi connectivity index (χ3n) is 1.69. The average molecular weight is 204 g/mol. The Balaban J connectivity index is 2.24. The molecule has 7 nitrogen and oxygen atoms in total. The third-order valence-corrected chi connectivity index (χ3v) is 1.69. The maximum Gasteiger partial charge on any atom is 0.240 e. The lowest BCUT2D eigenvalue weighted by Crippen LogP contribution is -2.51. The van der Waals surface area contributed by atoms with Crippen molar-refractivity contribution in [1.82, 2.24) is 30.4 Å². The van der Waals surface area contributed by atoms with Gasteiger partial charge in [0.1, 0.15) is 0 Å². The van der Waals surface area contributed by atoms with Gasteiger partial charge in [0.15, 0.2) is 5.82 Å². The van der Waals surface area contributed by atoms with Crippen LogP contribution in [-0.4, -0.2) is 36.9 Å². The second-order valence-electron chi connectivity index (χ2n) is 2.82. The van der Waals surface area contributed by atoms with E-state index in [0.29, 0.717) is 23.9 Å². The minimum absolute atomic E-state index is 0.336. The van der Waals surface area contributed by atoms with Gasteiger partial charge in [-0.25, -0.2) is 9.97 Å². The summed E-state index contributed by atoms with van der Waals surface area (Å²) < 4.78 is 0. The zero-order valence-electron chi connectivity index (χ0n) is 8.04. The highest BCUT2D eigenvalue weighted by atomic mass is 15.3. The molecular weight excluding hydrogens is 194 g/mol. The Kier molecular flexibility index (Phi) is 2.84. The van der Waals surface area contributed by atoms with Crippen molar-refractivity contribution in [2.24, 2.45) is 0 Å². The van der Waals surface area contributed by atoms with Crippen LogP contribution in [0.25, 0.3) is 11.6 Å². The molecule has 7 heteroatoms. The summed E-state index contributed by atoms with van der Waals surface area (Å²) in [6.07, 6.45) is 3.92. The van der Waals surface area contributed by atoms with Crippen molar-refractivity contribution in [2.75, 3.05) is 6.54 Å². The van der Waals surface area contributed by atoms with E-state index in [1.54, 1.807) is 18.5 Å². The van der Waals surface area contributed by atoms with Gasteiger partial charge < -0.3 is 5.73 Å². The summed E-state index contributed by atoms with van der Waals surface area (Å²) in [6.45, 7) is 0.727. The van der Waals surface area contributed by atoms with Crippen LogP contribution in [0.4, 0.5) is 0 Å². The lowest BCUT2D eigenvalue weighted by atomic mass is 10.4. The molecule has 2 aromatic heterocycles. The first-order valence-electron chi connectivity index (χ1n) is 4.53. The maximum absolute atomic E-state index is 4.00. The molecule has 2 heterocycles. The fourth-order valence-corrected chi connectivity index (χ4v) is 1.01. The van der Waals surface area contributed by atoms with Crippen molar-refractivity contribution < 1.29 is 5.73 Å². The molecule has 0 aliphatic carbocycles. The molecule has 0 atom stereocenters. The van der Waals surface area contributed by atoms with E-state index in [2.05, 4.69) is 36.1 Å². The highest BCUT2D eigenvalue weighted by molar-refractivity contribution is 5.39. The number of hydrogen-bond acceptors (Lipinski definition) is 6. The molecule has 0 fully saturated rings. The Bertz CT molecular complexity index is 413. The van der Waals surface area contributed by atoms with Crippen molar-refractivity contribution in [3.05, 3.63) is 24.3 Å². The summed E-state index contributed by atoms with van der Waals surface area (Å²) in [6, 6.07) is 1.72. The topological polar surface area (TPSA) is 105 Å². The van der Waals surface area contributed by atoms with Crippen LogP contribution in [-0.2, 0) is 6.42 Å². The van der Waals surface area contributed by atoms with Gasteiger partial charge in [-0.2, -0.15) is 0 Å². The molecule has 0 spiro atoms. The molecule has 15 heavy (non-hydrogen) atoms. The summed E-state index contributed by atoms with van der Waals surface area (Å²) in [7, 11) is 0. The number of rotatable bonds is 3. The number of aromatic nitrogens is 6. The molecule has 0 aromatic carbocycles. The quantitative estimate of drug-likeness (QED) is 0.652. The van der Waals surface area contributed by atoms with Gasteiger partial charge in [-0.3, -0.25) is 0 Å². The average Bonchev–Trinajstić information content (AvgIpc) is 2.32. The molecule has 0 saturated heterocycles. The first-order valence-corrected chi connectivity index (χ1v) is 4.53. The third kappa shape index (κ3) is 2.26. The Morgan fingerprint density at radius 2 is 1.60 bits per heavy atom. The Morgan fingerprint density at radius 3 is 2.20 bits per heavy atom. The lowest BCUT2D eigenvalue weighted by Gasteiger charge is -1.96. The Labute approximate surface area is 85.8 Å². The van der Waals surface area contributed by atoms with Crippen LogP contribution in [0.1, 0.15) is 5.82 Å². The molecule has 76 valence electrons. The minimum atomic E-state index is 0.336. The largest absolute Gasteiger partial charge is 0.357 e. The number of hydrogen-bond donors (Lipinski definition) is 1. The molecule has 0 saturated carbocycles. The van der Waals surface area contributed by atoms with E-state index in [4.69, 9.17) is 0 Å². The summed E-state index contributed by atoms with van der Waals surface area (Å²) in [5, 5.41) is 15.6. The zero-order valence-corrected chi connectivity index (χ0v) is 8.04. The van der Waals surface area contributed by atoms with Crippen LogP contribution in [0.15, 0.2) is 18.5 Å². The highest BCUT2D eigenvalue weighted by Gasteiger charge is 2.05. The van der Waals surface area contributed by atoms with E-state index in [-0.39, 0.29) is 0 Å². The summed E-state index contributed by atoms with van der Waals surface area (Å²) in [5.41, 5.74) is 3.70. The molecule has 0 aliphatic rings. The van der Waals surface area contributed by atoms with E-state index in [0.717, 1.165) is 6.54 Å². The van der Waals surface area contributed by atoms with Gasteiger partial charge in [0.2, 0.25) is 11.6 Å². The summed E-state index contributed by atoms with van der Waals surface area (Å²) in [4.78, 5) is 7.99. The summed E-state index contributed by atoms with van der Waals surface area (Å²) in [5.74, 6) is 1.35. The van der Waals surface area contributed by atoms with Crippen LogP contribution in [0.5, 0.6) is 0 Å². The molecule has 0 amide bonds. The molecule has 2 aromatic rings. The van der Waals surface area contributed by atoms with Gasteiger partial charge in [0, 0.05) is 12.4 Å². The van der Waals surface area contributed by atoms with Crippen molar-refractivity contribution in [3.8, 4) is 11.6 Å². The van der Waals surface area contributed by atoms with Gasteiger partial charge in [-0.05, 0) is 6.07 Å². The van der Waals surface area contributed by atoms with Crippen molar-refractivity contribution in [2.45, 2.75) is 6.42 Å². The van der Waals surface area contributed by atoms with Gasteiger partial charge in [-0.15, -0.1) is 20.4 Å². The van der Waals surface area contributed by atoms with E-state index in [9.17, 15) is 0 Å². The second kappa shape index (κ2) is 4.47. The lowest BCUT2D eigenvalue weighted by molar-refractivity contribution is -0.366. The first-order chi connectivity index (χ1) is 7.40. The smallest absolute Gasteiger partial charge is 0.240 e. The Morgan fingerprint density at radius 1 is 0.933 bits per heavy atom. The zero-order chi connectivity index (χ0) is 10.5. The molecule has 2 rings (SSSR count). The first kappa shape index (κ1) is 9.53. The number of nitrogens with zero attached hydrogens (tertiary/aromatic N) is 6. The van der Waals surface area contributed by atoms with E-state index in [1.807, 2.05) is 0 Å². The van der Waals surface area contributed by atoms with Gasteiger partial charge in [0.25, 0.3) is 0 Å². The minimum Gasteiger partial charge on any atom is -0.357 e. The van der Waals surface area contributed by atoms with Gasteiger partial charge in [0.05, 0.1) is 13.0 Å². The maximum atomic E-state index is 4.00. The van der Waals surface area contributed by atoms with Crippen molar-refractivity contribution in [3.63, 3.8) is 0 Å². The standard InChI is InChI=1S/C8H9N7/c9-3-2-6-12-14-8(15-13-6)7-10-4-1-5-11-7/h1,4-5H,2-3,9H2/p+1. The monoisotopic (exact) mass is 204 g/mol. The van der Waals surface area contributed by atoms with Gasteiger partial charge in [-0.1, -0.05) is 0 Å². The molecule has 0 bridgehead atoms. The highest BCUT2D eigenvalue weighted by Crippen LogP contribution is 2.03. The fourth-order valence-electron chi connectivity index (χ4n) is 1.01. The van der Waals surface area contributed by atoms with Crippen molar-refractivity contribution in [1.29, 1.82) is 0 Å². The summed E-state index contributed by atoms with van der Waals surface area (Å²) >= 11 is 0. The molecule has 3 N–H and O–H groups in total. The SMILES string of the molecule is [NH3+]CCc1nnc(-c2ncccn2)nn1. The predicted molar refractivity (Wildman–Crippen MR) is 50.1 cm³/mol. The molecular formula is C8H10N7+. The fraction of sp³-hybridized carbons (Fsp3) is 0.250. The van der Waals surface area contributed by atoms with Crippen LogP contribution in [0.3, 0.4) is 0 Å². The van der Waals surface area contributed by atoms with Crippen LogP contribution in [0, 0.1) is 0 Å². The predicted octanol–water partition coefficient (Wildman–Crippen LogP) is -1.49. The van der Waals surface area contributed by atoms with Crippen LogP contribution in [0.2, 0.25) is 0 Å². The van der Waals surface area contributed by atoms with Crippen molar-refractivity contribution >= 4 is 0 Å². The van der Waals surface area contributed by atoms with Gasteiger partial charge >= 0.3 is 0 Å². The number of quaternary nitrogens is 1. The normalized spacial score (nSPS) is 10.2. The van der Waals surface area contributed by atoms with E-state index in [1.165, 1.54) is 0 Å². The van der Waals surface area contributed by atoms with E-state index >= 15 is 0 Å². The van der Waals surface area contributed by atoms with E-state index < -0.39 is 0 Å². The molecule has 0 aliphatic heterocycles. The second-order valence-corrected chi connectivity index (χ2v) is 2.82.